The number of ether oxygens (including phenoxy) is 1. The third kappa shape index (κ3) is 4.74. The van der Waals surface area contributed by atoms with Crippen LogP contribution in [0.3, 0.4) is 0 Å². The van der Waals surface area contributed by atoms with Gasteiger partial charge in [-0.25, -0.2) is 15.0 Å². The molecule has 4 aromatic rings. The first kappa shape index (κ1) is 21.6. The number of benzene rings is 2. The second-order valence-electron chi connectivity index (χ2n) is 8.42. The molecule has 0 radical (unpaired) electrons. The predicted octanol–water partition coefficient (Wildman–Crippen LogP) is 4.49. The van der Waals surface area contributed by atoms with E-state index in [1.807, 2.05) is 13.4 Å². The summed E-state index contributed by atoms with van der Waals surface area (Å²) in [5.41, 5.74) is 4.13. The van der Waals surface area contributed by atoms with Crippen LogP contribution in [-0.2, 0) is 11.3 Å². The number of imidazole rings is 1. The molecular weight excluding hydrogens is 412 g/mol. The summed E-state index contributed by atoms with van der Waals surface area (Å²) in [7, 11) is 1.91. The monoisotopic (exact) mass is 442 g/mol. The maximum absolute atomic E-state index is 6.01. The molecule has 0 aliphatic carbocycles. The second-order valence-corrected chi connectivity index (χ2v) is 8.42. The molecule has 0 amide bonds. The highest BCUT2D eigenvalue weighted by atomic mass is 16.5. The number of hydrogen-bond donors (Lipinski definition) is 2. The minimum Gasteiger partial charge on any atom is -0.367 e. The van der Waals surface area contributed by atoms with Crippen molar-refractivity contribution in [3.63, 3.8) is 0 Å². The molecule has 1 fully saturated rings. The molecule has 5 rings (SSSR count). The van der Waals surface area contributed by atoms with Crippen molar-refractivity contribution in [3.05, 3.63) is 83.9 Å². The predicted molar refractivity (Wildman–Crippen MR) is 130 cm³/mol. The van der Waals surface area contributed by atoms with E-state index in [0.717, 1.165) is 48.7 Å². The Morgan fingerprint density at radius 1 is 1.00 bits per heavy atom. The molecule has 1 atom stereocenters. The molecule has 170 valence electrons. The number of rotatable bonds is 8. The fourth-order valence-corrected chi connectivity index (χ4v) is 4.47. The lowest BCUT2D eigenvalue weighted by Gasteiger charge is -2.24. The van der Waals surface area contributed by atoms with Crippen molar-refractivity contribution < 1.29 is 4.74 Å². The molecule has 1 aliphatic heterocycles. The Morgan fingerprint density at radius 2 is 1.73 bits per heavy atom. The zero-order valence-electron chi connectivity index (χ0n) is 18.9. The van der Waals surface area contributed by atoms with Gasteiger partial charge in [-0.1, -0.05) is 60.7 Å². The summed E-state index contributed by atoms with van der Waals surface area (Å²) >= 11 is 0. The van der Waals surface area contributed by atoms with Gasteiger partial charge in [0.25, 0.3) is 0 Å². The summed E-state index contributed by atoms with van der Waals surface area (Å²) in [5.74, 6) is 1.69. The SMILES string of the molecule is CNCc1nc(NCC(c2ccccc2)c2ccccc2)c2ncn(C3CCCCO3)c2n1. The Balaban J connectivity index is 1.48. The molecule has 7 heteroatoms. The Labute approximate surface area is 194 Å². The van der Waals surface area contributed by atoms with Gasteiger partial charge in [-0.3, -0.25) is 4.57 Å². The van der Waals surface area contributed by atoms with Gasteiger partial charge in [-0.2, -0.15) is 0 Å². The van der Waals surface area contributed by atoms with E-state index in [2.05, 4.69) is 75.9 Å². The van der Waals surface area contributed by atoms with Gasteiger partial charge in [0.15, 0.2) is 17.0 Å². The van der Waals surface area contributed by atoms with Gasteiger partial charge in [0.2, 0.25) is 0 Å². The van der Waals surface area contributed by atoms with E-state index < -0.39 is 0 Å². The first-order valence-corrected chi connectivity index (χ1v) is 11.7. The van der Waals surface area contributed by atoms with Gasteiger partial charge < -0.3 is 15.4 Å². The summed E-state index contributed by atoms with van der Waals surface area (Å²) < 4.78 is 8.07. The van der Waals surface area contributed by atoms with Crippen molar-refractivity contribution in [2.24, 2.45) is 0 Å². The quantitative estimate of drug-likeness (QED) is 0.419. The topological polar surface area (TPSA) is 76.9 Å². The number of anilines is 1. The van der Waals surface area contributed by atoms with E-state index in [0.29, 0.717) is 13.1 Å². The van der Waals surface area contributed by atoms with Crippen LogP contribution in [0.15, 0.2) is 67.0 Å². The Morgan fingerprint density at radius 3 is 2.36 bits per heavy atom. The van der Waals surface area contributed by atoms with Crippen LogP contribution in [0.2, 0.25) is 0 Å². The average Bonchev–Trinajstić information content (AvgIpc) is 3.30. The number of aromatic nitrogens is 4. The van der Waals surface area contributed by atoms with Crippen molar-refractivity contribution >= 4 is 17.0 Å². The van der Waals surface area contributed by atoms with Crippen LogP contribution in [0.1, 0.15) is 48.4 Å². The highest BCUT2D eigenvalue weighted by molar-refractivity contribution is 5.83. The zero-order valence-corrected chi connectivity index (χ0v) is 18.9. The van der Waals surface area contributed by atoms with Crippen LogP contribution in [0.5, 0.6) is 0 Å². The van der Waals surface area contributed by atoms with Crippen molar-refractivity contribution in [2.45, 2.75) is 38.0 Å². The molecule has 33 heavy (non-hydrogen) atoms. The standard InChI is InChI=1S/C26H30N6O/c1-27-17-22-30-25(24-26(31-22)32(18-29-24)23-14-8-9-15-33-23)28-16-21(19-10-4-2-5-11-19)20-12-6-3-7-13-20/h2-7,10-13,18,21,23,27H,8-9,14-17H2,1H3,(H,28,30,31). The largest absolute Gasteiger partial charge is 0.367 e. The summed E-state index contributed by atoms with van der Waals surface area (Å²) in [5, 5.41) is 6.77. The highest BCUT2D eigenvalue weighted by Gasteiger charge is 2.22. The normalized spacial score (nSPS) is 16.4. The molecule has 1 saturated heterocycles. The Hall–Kier alpha value is -3.29. The number of hydrogen-bond acceptors (Lipinski definition) is 6. The van der Waals surface area contributed by atoms with E-state index in [9.17, 15) is 0 Å². The van der Waals surface area contributed by atoms with Crippen LogP contribution in [-0.4, -0.2) is 39.7 Å². The van der Waals surface area contributed by atoms with Crippen LogP contribution >= 0.6 is 0 Å². The van der Waals surface area contributed by atoms with Gasteiger partial charge in [0, 0.05) is 19.1 Å². The van der Waals surface area contributed by atoms with Crippen LogP contribution in [0.25, 0.3) is 11.2 Å². The molecule has 1 aliphatic rings. The maximum atomic E-state index is 6.01. The minimum atomic E-state index is -0.0182. The zero-order chi connectivity index (χ0) is 22.5. The highest BCUT2D eigenvalue weighted by Crippen LogP contribution is 2.29. The lowest BCUT2D eigenvalue weighted by Crippen LogP contribution is -2.19. The number of nitrogens with zero attached hydrogens (tertiary/aromatic N) is 4. The van der Waals surface area contributed by atoms with E-state index in [1.54, 1.807) is 0 Å². The van der Waals surface area contributed by atoms with Crippen molar-refractivity contribution in [1.29, 1.82) is 0 Å². The molecule has 1 unspecified atom stereocenters. The maximum Gasteiger partial charge on any atom is 0.167 e. The lowest BCUT2D eigenvalue weighted by atomic mass is 9.91. The van der Waals surface area contributed by atoms with Crippen LogP contribution in [0.4, 0.5) is 5.82 Å². The summed E-state index contributed by atoms with van der Waals surface area (Å²) in [6.07, 6.45) is 5.06. The fraction of sp³-hybridized carbons (Fsp3) is 0.346. The first-order chi connectivity index (χ1) is 16.3. The van der Waals surface area contributed by atoms with Crippen molar-refractivity contribution in [1.82, 2.24) is 24.8 Å². The van der Waals surface area contributed by atoms with Gasteiger partial charge in [-0.15, -0.1) is 0 Å². The molecule has 0 saturated carbocycles. The summed E-state index contributed by atoms with van der Waals surface area (Å²) in [6.45, 7) is 2.06. The molecule has 2 aromatic carbocycles. The van der Waals surface area contributed by atoms with Crippen LogP contribution < -0.4 is 10.6 Å². The molecule has 2 N–H and O–H groups in total. The van der Waals surface area contributed by atoms with Crippen LogP contribution in [0, 0.1) is 0 Å². The molecule has 2 aromatic heterocycles. The fourth-order valence-electron chi connectivity index (χ4n) is 4.47. The molecule has 0 bridgehead atoms. The third-order valence-corrected chi connectivity index (χ3v) is 6.15. The molecule has 3 heterocycles. The Kier molecular flexibility index (Phi) is 6.60. The average molecular weight is 443 g/mol. The smallest absolute Gasteiger partial charge is 0.167 e. The summed E-state index contributed by atoms with van der Waals surface area (Å²) in [4.78, 5) is 14.3. The molecule has 0 spiro atoms. The molecular formula is C26H30N6O. The Bertz CT molecular complexity index is 1130. The lowest BCUT2D eigenvalue weighted by molar-refractivity contribution is -0.0298. The van der Waals surface area contributed by atoms with Gasteiger partial charge in [0.05, 0.1) is 12.9 Å². The van der Waals surface area contributed by atoms with Gasteiger partial charge in [0.1, 0.15) is 12.1 Å². The first-order valence-electron chi connectivity index (χ1n) is 11.7. The van der Waals surface area contributed by atoms with Gasteiger partial charge >= 0.3 is 0 Å². The number of nitrogens with one attached hydrogen (secondary N) is 2. The second kappa shape index (κ2) is 10.1. The minimum absolute atomic E-state index is 0.0182. The van der Waals surface area contributed by atoms with Gasteiger partial charge in [-0.05, 0) is 37.4 Å². The van der Waals surface area contributed by atoms with E-state index in [4.69, 9.17) is 19.7 Å². The third-order valence-electron chi connectivity index (χ3n) is 6.15. The van der Waals surface area contributed by atoms with E-state index in [-0.39, 0.29) is 12.1 Å². The van der Waals surface area contributed by atoms with E-state index >= 15 is 0 Å². The number of fused-ring (bicyclic) bond motifs is 1. The van der Waals surface area contributed by atoms with Crippen molar-refractivity contribution in [3.8, 4) is 0 Å². The van der Waals surface area contributed by atoms with Crippen molar-refractivity contribution in [2.75, 3.05) is 25.5 Å². The molecule has 7 nitrogen and oxygen atoms in total. The van der Waals surface area contributed by atoms with E-state index in [1.165, 1.54) is 11.1 Å². The summed E-state index contributed by atoms with van der Waals surface area (Å²) in [6, 6.07) is 21.2.